The third-order valence-electron chi connectivity index (χ3n) is 2.46. The van der Waals surface area contributed by atoms with Crippen molar-refractivity contribution < 1.29 is 9.18 Å². The third kappa shape index (κ3) is 1.53. The van der Waals surface area contributed by atoms with E-state index in [1.54, 1.807) is 12.1 Å². The molecule has 0 aliphatic heterocycles. The van der Waals surface area contributed by atoms with Crippen molar-refractivity contribution >= 4 is 16.7 Å². The van der Waals surface area contributed by atoms with E-state index in [9.17, 15) is 9.18 Å². The van der Waals surface area contributed by atoms with Crippen molar-refractivity contribution in [1.29, 1.82) is 0 Å². The lowest BCUT2D eigenvalue weighted by atomic mass is 10.1. The number of Topliss-reactive ketones (excluding diaryl/α,β-unsaturated/α-hetero) is 1. The molecule has 2 N–H and O–H groups in total. The molecule has 0 amide bonds. The molecular formula is C11H11FN2O. The number of hydrogen-bond donors (Lipinski definition) is 1. The van der Waals surface area contributed by atoms with E-state index in [0.717, 1.165) is 10.9 Å². The Morgan fingerprint density at radius 1 is 1.53 bits per heavy atom. The molecule has 0 atom stereocenters. The molecule has 78 valence electrons. The Labute approximate surface area is 86.3 Å². The van der Waals surface area contributed by atoms with Crippen LogP contribution in [0.15, 0.2) is 24.4 Å². The van der Waals surface area contributed by atoms with Crippen molar-refractivity contribution in [3.8, 4) is 0 Å². The maximum absolute atomic E-state index is 13.5. The van der Waals surface area contributed by atoms with Crippen molar-refractivity contribution in [3.63, 3.8) is 0 Å². The van der Waals surface area contributed by atoms with Crippen LogP contribution < -0.4 is 5.73 Å². The number of halogens is 1. The summed E-state index contributed by atoms with van der Waals surface area (Å²) in [5.41, 5.74) is 6.10. The van der Waals surface area contributed by atoms with Gasteiger partial charge < -0.3 is 10.3 Å². The van der Waals surface area contributed by atoms with E-state index in [0.29, 0.717) is 0 Å². The van der Waals surface area contributed by atoms with Crippen LogP contribution in [0.25, 0.3) is 10.9 Å². The van der Waals surface area contributed by atoms with Crippen LogP contribution >= 0.6 is 0 Å². The van der Waals surface area contributed by atoms with Gasteiger partial charge in [-0.1, -0.05) is 0 Å². The van der Waals surface area contributed by atoms with Gasteiger partial charge in [-0.2, -0.15) is 0 Å². The molecule has 0 saturated carbocycles. The van der Waals surface area contributed by atoms with Gasteiger partial charge in [-0.25, -0.2) is 4.39 Å². The summed E-state index contributed by atoms with van der Waals surface area (Å²) in [7, 11) is 1.84. The second kappa shape index (κ2) is 3.47. The maximum atomic E-state index is 13.5. The first kappa shape index (κ1) is 9.86. The van der Waals surface area contributed by atoms with E-state index in [4.69, 9.17) is 5.73 Å². The van der Waals surface area contributed by atoms with Gasteiger partial charge in [-0.3, -0.25) is 4.79 Å². The van der Waals surface area contributed by atoms with Gasteiger partial charge in [-0.15, -0.1) is 0 Å². The average molecular weight is 206 g/mol. The molecule has 1 heterocycles. The van der Waals surface area contributed by atoms with Gasteiger partial charge in [0.2, 0.25) is 0 Å². The number of rotatable bonds is 2. The standard InChI is InChI=1S/C11H11FN2O/c1-14-3-2-7-4-9(12)8(5-10(7)14)11(15)6-13/h2-5H,6,13H2,1H3. The van der Waals surface area contributed by atoms with Gasteiger partial charge in [0.1, 0.15) is 5.82 Å². The summed E-state index contributed by atoms with van der Waals surface area (Å²) in [6, 6.07) is 4.70. The number of nitrogens with two attached hydrogens (primary N) is 1. The number of aromatic nitrogens is 1. The van der Waals surface area contributed by atoms with E-state index in [-0.39, 0.29) is 17.9 Å². The van der Waals surface area contributed by atoms with E-state index in [2.05, 4.69) is 0 Å². The first-order valence-corrected chi connectivity index (χ1v) is 4.61. The first-order chi connectivity index (χ1) is 7.13. The summed E-state index contributed by atoms with van der Waals surface area (Å²) in [5, 5.41) is 0.781. The van der Waals surface area contributed by atoms with Gasteiger partial charge in [0.25, 0.3) is 0 Å². The van der Waals surface area contributed by atoms with Crippen LogP contribution in [-0.2, 0) is 7.05 Å². The normalized spacial score (nSPS) is 10.9. The number of ketones is 1. The van der Waals surface area contributed by atoms with Crippen LogP contribution in [0.3, 0.4) is 0 Å². The fourth-order valence-electron chi connectivity index (χ4n) is 1.61. The lowest BCUT2D eigenvalue weighted by molar-refractivity contribution is 0.0997. The largest absolute Gasteiger partial charge is 0.351 e. The number of hydrogen-bond acceptors (Lipinski definition) is 2. The number of nitrogens with zero attached hydrogens (tertiary/aromatic N) is 1. The number of aryl methyl sites for hydroxylation is 1. The van der Waals surface area contributed by atoms with E-state index in [1.165, 1.54) is 6.07 Å². The van der Waals surface area contributed by atoms with Crippen LogP contribution in [0.1, 0.15) is 10.4 Å². The molecule has 0 saturated heterocycles. The summed E-state index contributed by atoms with van der Waals surface area (Å²) in [6.45, 7) is -0.174. The Kier molecular flexibility index (Phi) is 2.28. The average Bonchev–Trinajstić information content (AvgIpc) is 2.58. The lowest BCUT2D eigenvalue weighted by Crippen LogP contribution is -2.15. The van der Waals surface area contributed by atoms with E-state index in [1.807, 2.05) is 17.8 Å². The predicted molar refractivity (Wildman–Crippen MR) is 56.3 cm³/mol. The molecule has 1 aromatic heterocycles. The van der Waals surface area contributed by atoms with E-state index < -0.39 is 5.82 Å². The Morgan fingerprint density at radius 3 is 2.93 bits per heavy atom. The van der Waals surface area contributed by atoms with Gasteiger partial charge in [0, 0.05) is 24.1 Å². The minimum atomic E-state index is -0.510. The lowest BCUT2D eigenvalue weighted by Gasteiger charge is -2.02. The summed E-state index contributed by atoms with van der Waals surface area (Å²) in [5.74, 6) is -0.889. The van der Waals surface area contributed by atoms with Crippen LogP contribution in [0.2, 0.25) is 0 Å². The number of fused-ring (bicyclic) bond motifs is 1. The summed E-state index contributed by atoms with van der Waals surface area (Å²) in [4.78, 5) is 11.3. The Morgan fingerprint density at radius 2 is 2.27 bits per heavy atom. The van der Waals surface area contributed by atoms with Crippen LogP contribution in [0.5, 0.6) is 0 Å². The summed E-state index contributed by atoms with van der Waals surface area (Å²) >= 11 is 0. The minimum absolute atomic E-state index is 0.0619. The van der Waals surface area contributed by atoms with Gasteiger partial charge >= 0.3 is 0 Å². The molecule has 4 heteroatoms. The minimum Gasteiger partial charge on any atom is -0.351 e. The molecule has 0 aliphatic rings. The van der Waals surface area contributed by atoms with Crippen LogP contribution in [-0.4, -0.2) is 16.9 Å². The number of benzene rings is 1. The zero-order valence-electron chi connectivity index (χ0n) is 8.33. The molecular weight excluding hydrogens is 195 g/mol. The Balaban J connectivity index is 2.70. The summed E-state index contributed by atoms with van der Waals surface area (Å²) in [6.07, 6.45) is 1.82. The highest BCUT2D eigenvalue weighted by Crippen LogP contribution is 2.20. The molecule has 15 heavy (non-hydrogen) atoms. The van der Waals surface area contributed by atoms with Crippen molar-refractivity contribution in [3.05, 3.63) is 35.8 Å². The molecule has 0 radical (unpaired) electrons. The topological polar surface area (TPSA) is 48.0 Å². The Hall–Kier alpha value is -1.68. The second-order valence-electron chi connectivity index (χ2n) is 3.44. The van der Waals surface area contributed by atoms with Crippen molar-refractivity contribution in [1.82, 2.24) is 4.57 Å². The molecule has 3 nitrogen and oxygen atoms in total. The zero-order valence-corrected chi connectivity index (χ0v) is 8.33. The quantitative estimate of drug-likeness (QED) is 0.756. The SMILES string of the molecule is Cn1ccc2cc(F)c(C(=O)CN)cc21. The molecule has 0 fully saturated rings. The Bertz CT molecular complexity index is 531. The van der Waals surface area contributed by atoms with Gasteiger partial charge in [0.05, 0.1) is 12.1 Å². The molecule has 0 bridgehead atoms. The zero-order chi connectivity index (χ0) is 11.0. The molecule has 2 aromatic rings. The first-order valence-electron chi connectivity index (χ1n) is 4.61. The number of carbonyl (C=O) groups is 1. The highest BCUT2D eigenvalue weighted by molar-refractivity contribution is 6.00. The van der Waals surface area contributed by atoms with Gasteiger partial charge in [-0.05, 0) is 18.2 Å². The smallest absolute Gasteiger partial charge is 0.179 e. The molecule has 0 unspecified atom stereocenters. The van der Waals surface area contributed by atoms with Gasteiger partial charge in [0.15, 0.2) is 5.78 Å². The van der Waals surface area contributed by atoms with Crippen molar-refractivity contribution in [2.45, 2.75) is 0 Å². The predicted octanol–water partition coefficient (Wildman–Crippen LogP) is 1.46. The van der Waals surface area contributed by atoms with Crippen LogP contribution in [0, 0.1) is 5.82 Å². The van der Waals surface area contributed by atoms with Crippen LogP contribution in [0.4, 0.5) is 4.39 Å². The maximum Gasteiger partial charge on any atom is 0.179 e. The monoisotopic (exact) mass is 206 g/mol. The van der Waals surface area contributed by atoms with Crippen molar-refractivity contribution in [2.75, 3.05) is 6.54 Å². The fourth-order valence-corrected chi connectivity index (χ4v) is 1.61. The highest BCUT2D eigenvalue weighted by Gasteiger charge is 2.12. The van der Waals surface area contributed by atoms with E-state index >= 15 is 0 Å². The summed E-state index contributed by atoms with van der Waals surface area (Å²) < 4.78 is 15.3. The molecule has 0 aliphatic carbocycles. The third-order valence-corrected chi connectivity index (χ3v) is 2.46. The molecule has 0 spiro atoms. The fraction of sp³-hybridized carbons (Fsp3) is 0.182. The van der Waals surface area contributed by atoms with Crippen molar-refractivity contribution in [2.24, 2.45) is 12.8 Å². The second-order valence-corrected chi connectivity index (χ2v) is 3.44. The highest BCUT2D eigenvalue weighted by atomic mass is 19.1. The number of carbonyl (C=O) groups excluding carboxylic acids is 1. The molecule has 1 aromatic carbocycles. The molecule has 2 rings (SSSR count).